The van der Waals surface area contributed by atoms with Gasteiger partial charge in [0.25, 0.3) is 0 Å². The van der Waals surface area contributed by atoms with Gasteiger partial charge in [-0.25, -0.2) is 4.39 Å². The Hall–Kier alpha value is -0.350. The van der Waals surface area contributed by atoms with Crippen LogP contribution in [0.15, 0.2) is 12.1 Å². The van der Waals surface area contributed by atoms with Crippen molar-refractivity contribution in [3.05, 3.63) is 33.6 Å². The van der Waals surface area contributed by atoms with Crippen LogP contribution in [0.3, 0.4) is 0 Å². The second-order valence-corrected chi connectivity index (χ2v) is 5.72. The number of rotatable bonds is 3. The topological polar surface area (TPSA) is 46.2 Å². The second kappa shape index (κ2) is 4.73. The number of benzene rings is 1. The molecule has 0 radical (unpaired) electrons. The summed E-state index contributed by atoms with van der Waals surface area (Å²) in [7, 11) is 0. The molecule has 0 aromatic heterocycles. The second-order valence-electron chi connectivity index (χ2n) is 4.91. The summed E-state index contributed by atoms with van der Waals surface area (Å²) in [6.07, 6.45) is 0. The molecule has 1 aromatic carbocycles. The van der Waals surface area contributed by atoms with Crippen molar-refractivity contribution in [3.63, 3.8) is 0 Å². The van der Waals surface area contributed by atoms with E-state index in [0.29, 0.717) is 0 Å². The van der Waals surface area contributed by atoms with E-state index in [0.717, 1.165) is 6.07 Å². The number of hydrogen-bond acceptors (Lipinski definition) is 2. The van der Waals surface area contributed by atoms with Crippen molar-refractivity contribution >= 4 is 23.2 Å². The fourth-order valence-electron chi connectivity index (χ4n) is 1.46. The van der Waals surface area contributed by atoms with Gasteiger partial charge in [0.2, 0.25) is 0 Å². The van der Waals surface area contributed by atoms with Crippen molar-refractivity contribution in [2.45, 2.75) is 26.4 Å². The highest BCUT2D eigenvalue weighted by atomic mass is 35.5. The van der Waals surface area contributed by atoms with Crippen LogP contribution in [0.5, 0.6) is 0 Å². The lowest BCUT2D eigenvalue weighted by atomic mass is 9.72. The minimum Gasteiger partial charge on any atom is -0.385 e. The molecule has 0 spiro atoms. The first-order valence-corrected chi connectivity index (χ1v) is 5.96. The highest BCUT2D eigenvalue weighted by Crippen LogP contribution is 2.42. The lowest BCUT2D eigenvalue weighted by Crippen LogP contribution is -2.44. The van der Waals surface area contributed by atoms with E-state index in [4.69, 9.17) is 28.9 Å². The predicted molar refractivity (Wildman–Crippen MR) is 68.8 cm³/mol. The van der Waals surface area contributed by atoms with Gasteiger partial charge in [-0.05, 0) is 19.1 Å². The standard InChI is InChI=1S/C12H16Cl2FNO/c1-11(2,6-16)12(3,17)7-4-10(15)9(14)5-8(7)13/h4-5,17H,6,16H2,1-3H3. The Balaban J connectivity index is 3.38. The summed E-state index contributed by atoms with van der Waals surface area (Å²) in [6, 6.07) is 2.44. The van der Waals surface area contributed by atoms with Crippen LogP contribution in [0.25, 0.3) is 0 Å². The minimum atomic E-state index is -1.34. The van der Waals surface area contributed by atoms with Crippen molar-refractivity contribution in [1.29, 1.82) is 0 Å². The molecule has 96 valence electrons. The summed E-state index contributed by atoms with van der Waals surface area (Å²) in [5.41, 5.74) is 3.93. The average Bonchev–Trinajstić information content (AvgIpc) is 2.22. The minimum absolute atomic E-state index is 0.0693. The van der Waals surface area contributed by atoms with Gasteiger partial charge in [0.05, 0.1) is 10.6 Å². The molecule has 0 aliphatic rings. The van der Waals surface area contributed by atoms with E-state index in [2.05, 4.69) is 0 Å². The average molecular weight is 280 g/mol. The molecule has 0 fully saturated rings. The Morgan fingerprint density at radius 1 is 1.24 bits per heavy atom. The summed E-state index contributed by atoms with van der Waals surface area (Å²) < 4.78 is 13.4. The van der Waals surface area contributed by atoms with E-state index < -0.39 is 16.8 Å². The van der Waals surface area contributed by atoms with Gasteiger partial charge < -0.3 is 10.8 Å². The Morgan fingerprint density at radius 2 is 1.76 bits per heavy atom. The molecule has 0 aliphatic carbocycles. The summed E-state index contributed by atoms with van der Waals surface area (Å²) in [5, 5.41) is 10.7. The summed E-state index contributed by atoms with van der Waals surface area (Å²) in [5.74, 6) is -0.612. The van der Waals surface area contributed by atoms with Crippen molar-refractivity contribution in [1.82, 2.24) is 0 Å². The van der Waals surface area contributed by atoms with Gasteiger partial charge >= 0.3 is 0 Å². The Labute approximate surface area is 111 Å². The smallest absolute Gasteiger partial charge is 0.142 e. The van der Waals surface area contributed by atoms with Crippen LogP contribution in [0.4, 0.5) is 4.39 Å². The third-order valence-corrected chi connectivity index (χ3v) is 3.96. The van der Waals surface area contributed by atoms with Crippen LogP contribution in [0.2, 0.25) is 10.0 Å². The third-order valence-electron chi connectivity index (χ3n) is 3.36. The van der Waals surface area contributed by atoms with Crippen LogP contribution in [-0.2, 0) is 5.60 Å². The number of aliphatic hydroxyl groups is 1. The largest absolute Gasteiger partial charge is 0.385 e. The van der Waals surface area contributed by atoms with Crippen molar-refractivity contribution in [2.75, 3.05) is 6.54 Å². The van der Waals surface area contributed by atoms with E-state index in [1.165, 1.54) is 6.07 Å². The molecule has 17 heavy (non-hydrogen) atoms. The van der Waals surface area contributed by atoms with E-state index in [9.17, 15) is 9.50 Å². The monoisotopic (exact) mass is 279 g/mol. The fraction of sp³-hybridized carbons (Fsp3) is 0.500. The highest BCUT2D eigenvalue weighted by molar-refractivity contribution is 6.35. The molecule has 1 atom stereocenters. The highest BCUT2D eigenvalue weighted by Gasteiger charge is 2.41. The molecule has 0 saturated heterocycles. The Bertz CT molecular complexity index is 433. The van der Waals surface area contributed by atoms with E-state index in [-0.39, 0.29) is 22.2 Å². The van der Waals surface area contributed by atoms with E-state index in [1.54, 1.807) is 20.8 Å². The van der Waals surface area contributed by atoms with Gasteiger partial charge in [-0.15, -0.1) is 0 Å². The normalized spacial score (nSPS) is 15.8. The first kappa shape index (κ1) is 14.7. The van der Waals surface area contributed by atoms with Gasteiger partial charge in [0.1, 0.15) is 5.82 Å². The number of halogens is 3. The Morgan fingerprint density at radius 3 is 2.24 bits per heavy atom. The summed E-state index contributed by atoms with van der Waals surface area (Å²) in [6.45, 7) is 5.38. The maximum atomic E-state index is 13.4. The molecule has 0 saturated carbocycles. The zero-order valence-corrected chi connectivity index (χ0v) is 11.5. The molecular weight excluding hydrogens is 264 g/mol. The zero-order valence-electron chi connectivity index (χ0n) is 10.0. The molecule has 5 heteroatoms. The van der Waals surface area contributed by atoms with Crippen LogP contribution in [0.1, 0.15) is 26.3 Å². The lowest BCUT2D eigenvalue weighted by Gasteiger charge is -2.40. The molecule has 2 nitrogen and oxygen atoms in total. The Kier molecular flexibility index (Phi) is 4.09. The van der Waals surface area contributed by atoms with Gasteiger partial charge in [0, 0.05) is 22.5 Å². The third kappa shape index (κ3) is 2.58. The van der Waals surface area contributed by atoms with Crippen LogP contribution in [-0.4, -0.2) is 11.7 Å². The quantitative estimate of drug-likeness (QED) is 0.834. The van der Waals surface area contributed by atoms with Crippen molar-refractivity contribution in [3.8, 4) is 0 Å². The van der Waals surface area contributed by atoms with Crippen molar-refractivity contribution < 1.29 is 9.50 Å². The molecule has 0 bridgehead atoms. The molecule has 1 rings (SSSR count). The SMILES string of the molecule is CC(C)(CN)C(C)(O)c1cc(F)c(Cl)cc1Cl. The lowest BCUT2D eigenvalue weighted by molar-refractivity contribution is -0.0522. The molecule has 0 heterocycles. The maximum Gasteiger partial charge on any atom is 0.142 e. The zero-order chi connectivity index (χ0) is 13.4. The molecular formula is C12H16Cl2FNO. The number of hydrogen-bond donors (Lipinski definition) is 2. The van der Waals surface area contributed by atoms with Crippen LogP contribution in [0, 0.1) is 11.2 Å². The predicted octanol–water partition coefficient (Wildman–Crippen LogP) is 3.32. The summed E-state index contributed by atoms with van der Waals surface area (Å²) >= 11 is 11.6. The molecule has 0 aliphatic heterocycles. The van der Waals surface area contributed by atoms with Gasteiger partial charge in [0.15, 0.2) is 0 Å². The van der Waals surface area contributed by atoms with Gasteiger partial charge in [-0.1, -0.05) is 37.0 Å². The maximum absolute atomic E-state index is 13.4. The van der Waals surface area contributed by atoms with Gasteiger partial charge in [-0.3, -0.25) is 0 Å². The van der Waals surface area contributed by atoms with Crippen molar-refractivity contribution in [2.24, 2.45) is 11.1 Å². The van der Waals surface area contributed by atoms with E-state index >= 15 is 0 Å². The van der Waals surface area contributed by atoms with Gasteiger partial charge in [-0.2, -0.15) is 0 Å². The fourth-order valence-corrected chi connectivity index (χ4v) is 2.03. The molecule has 1 unspecified atom stereocenters. The van der Waals surface area contributed by atoms with E-state index in [1.807, 2.05) is 0 Å². The first-order chi connectivity index (χ1) is 7.63. The first-order valence-electron chi connectivity index (χ1n) is 5.21. The van der Waals surface area contributed by atoms with Crippen LogP contribution < -0.4 is 5.73 Å². The molecule has 3 N–H and O–H groups in total. The van der Waals surface area contributed by atoms with Crippen LogP contribution >= 0.6 is 23.2 Å². The molecule has 0 amide bonds. The summed E-state index contributed by atoms with van der Waals surface area (Å²) in [4.78, 5) is 0. The number of nitrogens with two attached hydrogens (primary N) is 1. The molecule has 1 aromatic rings.